The molecule has 0 fully saturated rings. The monoisotopic (exact) mass is 447 g/mol. The first-order valence-electron chi connectivity index (χ1n) is 11.2. The summed E-state index contributed by atoms with van der Waals surface area (Å²) in [6.45, 7) is 2.11. The summed E-state index contributed by atoms with van der Waals surface area (Å²) in [5.74, 6) is 0.0904. The third-order valence-corrected chi connectivity index (χ3v) is 6.21. The van der Waals surface area contributed by atoms with Gasteiger partial charge in [0.1, 0.15) is 0 Å². The molecule has 0 aromatic heterocycles. The number of ketones is 1. The van der Waals surface area contributed by atoms with E-state index >= 15 is 0 Å². The Morgan fingerprint density at radius 3 is 2.55 bits per heavy atom. The van der Waals surface area contributed by atoms with E-state index in [2.05, 4.69) is 5.32 Å². The van der Waals surface area contributed by atoms with Gasteiger partial charge in [-0.05, 0) is 31.4 Å². The summed E-state index contributed by atoms with van der Waals surface area (Å²) in [4.78, 5) is 26.5. The molecule has 33 heavy (non-hydrogen) atoms. The number of benzene rings is 2. The van der Waals surface area contributed by atoms with Crippen LogP contribution in [0.1, 0.15) is 43.2 Å². The molecule has 0 radical (unpaired) electrons. The van der Waals surface area contributed by atoms with E-state index in [1.54, 1.807) is 20.3 Å². The van der Waals surface area contributed by atoms with Gasteiger partial charge in [0.15, 0.2) is 17.3 Å². The van der Waals surface area contributed by atoms with E-state index < -0.39 is 11.9 Å². The van der Waals surface area contributed by atoms with E-state index in [0.717, 1.165) is 29.7 Å². The largest absolute Gasteiger partial charge is 0.493 e. The fourth-order valence-corrected chi connectivity index (χ4v) is 4.69. The van der Waals surface area contributed by atoms with Crippen LogP contribution in [0, 0.1) is 0 Å². The average Bonchev–Trinajstić information content (AvgIpc) is 2.83. The van der Waals surface area contributed by atoms with Crippen molar-refractivity contribution in [2.75, 3.05) is 20.8 Å². The van der Waals surface area contributed by atoms with Crippen LogP contribution in [-0.2, 0) is 20.7 Å². The molecular weight excluding hydrogens is 418 g/mol. The fraction of sp³-hybridized carbons (Fsp3) is 0.333. The van der Waals surface area contributed by atoms with Gasteiger partial charge < -0.3 is 19.5 Å². The zero-order chi connectivity index (χ0) is 23.4. The highest BCUT2D eigenvalue weighted by Gasteiger charge is 2.40. The minimum atomic E-state index is -0.580. The third-order valence-electron chi connectivity index (χ3n) is 6.21. The molecule has 0 spiro atoms. The fourth-order valence-electron chi connectivity index (χ4n) is 4.69. The standard InChI is InChI=1S/C27H29NO5/c1-17-23(27(30)33-16-15-18-9-5-4-6-10-18)24(25-20(28-17)12-8-13-21(25)29)19-11-7-14-22(31-2)26(19)32-3/h4-7,9-11,14,24,28H,8,12-13,15-16H2,1-3H3. The van der Waals surface area contributed by atoms with Crippen molar-refractivity contribution < 1.29 is 23.8 Å². The molecule has 1 aliphatic carbocycles. The summed E-state index contributed by atoms with van der Waals surface area (Å²) < 4.78 is 16.9. The Bertz CT molecular complexity index is 1120. The zero-order valence-electron chi connectivity index (χ0n) is 19.3. The van der Waals surface area contributed by atoms with Crippen molar-refractivity contribution in [3.63, 3.8) is 0 Å². The minimum Gasteiger partial charge on any atom is -0.493 e. The van der Waals surface area contributed by atoms with Crippen molar-refractivity contribution in [2.24, 2.45) is 0 Å². The molecular formula is C27H29NO5. The van der Waals surface area contributed by atoms with Crippen LogP contribution < -0.4 is 14.8 Å². The van der Waals surface area contributed by atoms with Gasteiger partial charge >= 0.3 is 5.97 Å². The Morgan fingerprint density at radius 1 is 1.03 bits per heavy atom. The maximum Gasteiger partial charge on any atom is 0.336 e. The number of methoxy groups -OCH3 is 2. The van der Waals surface area contributed by atoms with Crippen LogP contribution >= 0.6 is 0 Å². The first-order valence-corrected chi connectivity index (χ1v) is 11.2. The normalized spacial score (nSPS) is 17.9. The lowest BCUT2D eigenvalue weighted by molar-refractivity contribution is -0.139. The van der Waals surface area contributed by atoms with E-state index in [0.29, 0.717) is 41.2 Å². The highest BCUT2D eigenvalue weighted by Crippen LogP contribution is 2.47. The maximum atomic E-state index is 13.4. The van der Waals surface area contributed by atoms with Gasteiger partial charge in [0.2, 0.25) is 0 Å². The highest BCUT2D eigenvalue weighted by atomic mass is 16.5. The number of carbonyl (C=O) groups excluding carboxylic acids is 2. The lowest BCUT2D eigenvalue weighted by Crippen LogP contribution is -2.34. The van der Waals surface area contributed by atoms with E-state index in [-0.39, 0.29) is 12.4 Å². The molecule has 0 amide bonds. The first kappa shape index (κ1) is 22.6. The molecule has 1 atom stereocenters. The van der Waals surface area contributed by atoms with Crippen molar-refractivity contribution in [1.82, 2.24) is 5.32 Å². The number of esters is 1. The number of hydrogen-bond donors (Lipinski definition) is 1. The second-order valence-electron chi connectivity index (χ2n) is 8.22. The van der Waals surface area contributed by atoms with Crippen LogP contribution in [-0.4, -0.2) is 32.6 Å². The molecule has 1 heterocycles. The van der Waals surface area contributed by atoms with Gasteiger partial charge in [-0.1, -0.05) is 42.5 Å². The molecule has 1 unspecified atom stereocenters. The van der Waals surface area contributed by atoms with Crippen molar-refractivity contribution in [3.05, 3.63) is 82.2 Å². The summed E-state index contributed by atoms with van der Waals surface area (Å²) in [6, 6.07) is 15.4. The molecule has 2 aromatic rings. The van der Waals surface area contributed by atoms with Crippen molar-refractivity contribution in [3.8, 4) is 11.5 Å². The highest BCUT2D eigenvalue weighted by molar-refractivity contribution is 6.04. The number of hydrogen-bond acceptors (Lipinski definition) is 6. The van der Waals surface area contributed by atoms with Crippen LogP contribution in [0.4, 0.5) is 0 Å². The van der Waals surface area contributed by atoms with Gasteiger partial charge in [-0.2, -0.15) is 0 Å². The van der Waals surface area contributed by atoms with E-state index in [9.17, 15) is 9.59 Å². The number of dihydropyridines is 1. The van der Waals surface area contributed by atoms with E-state index in [1.165, 1.54) is 0 Å². The van der Waals surface area contributed by atoms with Gasteiger partial charge in [-0.25, -0.2) is 4.79 Å². The van der Waals surface area contributed by atoms with Gasteiger partial charge in [-0.3, -0.25) is 4.79 Å². The number of carbonyl (C=O) groups is 2. The molecule has 2 aliphatic rings. The predicted molar refractivity (Wildman–Crippen MR) is 125 cm³/mol. The Kier molecular flexibility index (Phi) is 6.82. The Morgan fingerprint density at radius 2 is 1.82 bits per heavy atom. The van der Waals surface area contributed by atoms with Gasteiger partial charge in [-0.15, -0.1) is 0 Å². The summed E-state index contributed by atoms with van der Waals surface area (Å²) in [5, 5.41) is 3.32. The van der Waals surface area contributed by atoms with Crippen LogP contribution in [0.25, 0.3) is 0 Å². The SMILES string of the molecule is COc1cccc(C2C(C(=O)OCCc3ccccc3)=C(C)NC3=C2C(=O)CCC3)c1OC. The van der Waals surface area contributed by atoms with Crippen molar-refractivity contribution in [1.29, 1.82) is 0 Å². The van der Waals surface area contributed by atoms with Crippen LogP contribution in [0.3, 0.4) is 0 Å². The van der Waals surface area contributed by atoms with Gasteiger partial charge in [0.25, 0.3) is 0 Å². The van der Waals surface area contributed by atoms with E-state index in [1.807, 2.05) is 49.4 Å². The van der Waals surface area contributed by atoms with Crippen LogP contribution in [0.2, 0.25) is 0 Å². The lowest BCUT2D eigenvalue weighted by Gasteiger charge is -2.34. The average molecular weight is 448 g/mol. The second-order valence-corrected chi connectivity index (χ2v) is 8.22. The molecule has 1 N–H and O–H groups in total. The van der Waals surface area contributed by atoms with Gasteiger partial charge in [0, 0.05) is 35.4 Å². The van der Waals surface area contributed by atoms with E-state index in [4.69, 9.17) is 14.2 Å². The molecule has 6 heteroatoms. The Balaban J connectivity index is 1.72. The molecule has 172 valence electrons. The summed E-state index contributed by atoms with van der Waals surface area (Å²) in [6.07, 6.45) is 2.62. The molecule has 4 rings (SSSR count). The first-order chi connectivity index (χ1) is 16.0. The maximum absolute atomic E-state index is 13.4. The summed E-state index contributed by atoms with van der Waals surface area (Å²) >= 11 is 0. The molecule has 2 aromatic carbocycles. The van der Waals surface area contributed by atoms with Gasteiger partial charge in [0.05, 0.1) is 32.3 Å². The quantitative estimate of drug-likeness (QED) is 0.632. The number of Topliss-reactive ketones (excluding diaryl/α,β-unsaturated/α-hetero) is 1. The number of ether oxygens (including phenoxy) is 3. The smallest absolute Gasteiger partial charge is 0.336 e. The summed E-state index contributed by atoms with van der Waals surface area (Å²) in [7, 11) is 3.13. The second kappa shape index (κ2) is 9.94. The number of rotatable bonds is 7. The van der Waals surface area contributed by atoms with Crippen LogP contribution in [0.5, 0.6) is 11.5 Å². The van der Waals surface area contributed by atoms with Crippen molar-refractivity contribution in [2.45, 2.75) is 38.5 Å². The number of nitrogens with one attached hydrogen (secondary N) is 1. The zero-order valence-corrected chi connectivity index (χ0v) is 19.3. The Labute approximate surface area is 194 Å². The molecule has 1 aliphatic heterocycles. The van der Waals surface area contributed by atoms with Crippen LogP contribution in [0.15, 0.2) is 71.1 Å². The topological polar surface area (TPSA) is 73.9 Å². The summed E-state index contributed by atoms with van der Waals surface area (Å²) in [5.41, 5.74) is 4.44. The molecule has 0 bridgehead atoms. The molecule has 6 nitrogen and oxygen atoms in total. The molecule has 0 saturated heterocycles. The number of para-hydroxylation sites is 1. The lowest BCUT2D eigenvalue weighted by atomic mass is 9.75. The predicted octanol–water partition coefficient (Wildman–Crippen LogP) is 4.46. The van der Waals surface area contributed by atoms with Crippen molar-refractivity contribution >= 4 is 11.8 Å². The molecule has 0 saturated carbocycles. The third kappa shape index (κ3) is 4.51. The minimum absolute atomic E-state index is 0.0423. The number of allylic oxidation sites excluding steroid dienone is 3. The Hall–Kier alpha value is -3.54.